The predicted molar refractivity (Wildman–Crippen MR) is 110 cm³/mol. The van der Waals surface area contributed by atoms with Gasteiger partial charge in [-0.15, -0.1) is 4.33 Å². The SMILES string of the molecule is CCOOSN(c1cc(-c2nsc(C(F)(F)F)c2Cl)c(Cl)cc1Cl)S(=O)(=O)CC. The maximum absolute atomic E-state index is 13.0. The first-order valence-corrected chi connectivity index (χ1v) is 11.9. The Kier molecular flexibility index (Phi) is 8.36. The average Bonchev–Trinajstić information content (AvgIpc) is 3.01. The first kappa shape index (κ1) is 24.8. The maximum Gasteiger partial charge on any atom is 0.428 e. The number of halogens is 6. The second kappa shape index (κ2) is 9.77. The van der Waals surface area contributed by atoms with Crippen LogP contribution in [-0.2, 0) is 25.4 Å². The molecule has 0 fully saturated rings. The molecule has 0 unspecified atom stereocenters. The van der Waals surface area contributed by atoms with E-state index in [-0.39, 0.29) is 50.9 Å². The fourth-order valence-corrected chi connectivity index (χ4v) is 5.52. The molecule has 0 amide bonds. The van der Waals surface area contributed by atoms with Crippen molar-refractivity contribution in [2.45, 2.75) is 20.0 Å². The van der Waals surface area contributed by atoms with Gasteiger partial charge in [-0.25, -0.2) is 13.3 Å². The van der Waals surface area contributed by atoms with E-state index in [1.54, 1.807) is 6.92 Å². The molecule has 0 N–H and O–H groups in total. The van der Waals surface area contributed by atoms with Gasteiger partial charge in [0.15, 0.2) is 12.2 Å². The molecular weight excluding hydrogens is 520 g/mol. The van der Waals surface area contributed by atoms with Crippen molar-refractivity contribution in [2.24, 2.45) is 0 Å². The van der Waals surface area contributed by atoms with Crippen LogP contribution in [0.25, 0.3) is 11.3 Å². The van der Waals surface area contributed by atoms with Crippen molar-refractivity contribution in [3.05, 3.63) is 32.1 Å². The highest BCUT2D eigenvalue weighted by Gasteiger charge is 2.38. The van der Waals surface area contributed by atoms with Crippen LogP contribution in [-0.4, -0.2) is 25.2 Å². The van der Waals surface area contributed by atoms with Gasteiger partial charge < -0.3 is 0 Å². The summed E-state index contributed by atoms with van der Waals surface area (Å²) in [5.41, 5.74) is -0.400. The van der Waals surface area contributed by atoms with Crippen LogP contribution >= 0.6 is 58.6 Å². The van der Waals surface area contributed by atoms with E-state index < -0.39 is 26.1 Å². The Morgan fingerprint density at radius 3 is 2.38 bits per heavy atom. The third-order valence-corrected chi connectivity index (χ3v) is 8.04. The topological polar surface area (TPSA) is 68.7 Å². The molecule has 0 saturated heterocycles. The molecule has 0 spiro atoms. The van der Waals surface area contributed by atoms with Gasteiger partial charge in [-0.3, -0.25) is 0 Å². The van der Waals surface area contributed by atoms with Crippen LogP contribution in [0.3, 0.4) is 0 Å². The van der Waals surface area contributed by atoms with Crippen LogP contribution in [0.5, 0.6) is 0 Å². The van der Waals surface area contributed by atoms with Crippen LogP contribution < -0.4 is 3.71 Å². The van der Waals surface area contributed by atoms with Crippen molar-refractivity contribution in [3.8, 4) is 11.3 Å². The van der Waals surface area contributed by atoms with Crippen molar-refractivity contribution in [1.29, 1.82) is 0 Å². The van der Waals surface area contributed by atoms with Gasteiger partial charge in [0.2, 0.25) is 10.0 Å². The smallest absolute Gasteiger partial charge is 0.223 e. The van der Waals surface area contributed by atoms with Crippen LogP contribution in [0.2, 0.25) is 15.1 Å². The summed E-state index contributed by atoms with van der Waals surface area (Å²) in [5, 5.41) is -0.809. The molecule has 15 heteroatoms. The first-order chi connectivity index (χ1) is 13.4. The molecule has 29 heavy (non-hydrogen) atoms. The third kappa shape index (κ3) is 5.62. The van der Waals surface area contributed by atoms with E-state index in [9.17, 15) is 21.6 Å². The van der Waals surface area contributed by atoms with Crippen molar-refractivity contribution >= 4 is 74.3 Å². The number of hydrogen-bond donors (Lipinski definition) is 0. The number of rotatable bonds is 8. The second-order valence-electron chi connectivity index (χ2n) is 5.13. The first-order valence-electron chi connectivity index (χ1n) is 7.65. The second-order valence-corrected chi connectivity index (χ2v) is 10.1. The van der Waals surface area contributed by atoms with E-state index in [4.69, 9.17) is 44.0 Å². The van der Waals surface area contributed by atoms with Crippen molar-refractivity contribution in [3.63, 3.8) is 0 Å². The number of sulfonamides is 1. The minimum atomic E-state index is -4.70. The van der Waals surface area contributed by atoms with Gasteiger partial charge in [-0.1, -0.05) is 34.8 Å². The van der Waals surface area contributed by atoms with Gasteiger partial charge in [-0.05, 0) is 37.5 Å². The zero-order valence-electron chi connectivity index (χ0n) is 14.6. The average molecular weight is 532 g/mol. The Labute approximate surface area is 188 Å². The Morgan fingerprint density at radius 1 is 1.21 bits per heavy atom. The van der Waals surface area contributed by atoms with Gasteiger partial charge in [0.05, 0.1) is 33.1 Å². The van der Waals surface area contributed by atoms with E-state index in [0.717, 1.165) is 3.71 Å². The Morgan fingerprint density at radius 2 is 1.86 bits per heavy atom. The summed E-state index contributed by atoms with van der Waals surface area (Å²) in [6.45, 7) is 3.15. The molecule has 0 atom stereocenters. The van der Waals surface area contributed by atoms with E-state index in [0.29, 0.717) is 12.2 Å². The molecule has 1 heterocycles. The van der Waals surface area contributed by atoms with Gasteiger partial charge in [0.1, 0.15) is 10.6 Å². The molecule has 2 rings (SSSR count). The molecule has 1 aromatic heterocycles. The molecule has 0 aliphatic rings. The Bertz CT molecular complexity index is 986. The number of aromatic nitrogens is 1. The molecule has 162 valence electrons. The number of benzene rings is 1. The quantitative estimate of drug-likeness (QED) is 0.128. The summed E-state index contributed by atoms with van der Waals surface area (Å²) in [6, 6.07) is 2.34. The minimum Gasteiger partial charge on any atom is -0.223 e. The van der Waals surface area contributed by atoms with E-state index in [1.165, 1.54) is 19.1 Å². The van der Waals surface area contributed by atoms with E-state index in [1.807, 2.05) is 0 Å². The summed E-state index contributed by atoms with van der Waals surface area (Å²) in [6.07, 6.45) is -4.70. The van der Waals surface area contributed by atoms with E-state index in [2.05, 4.69) is 4.37 Å². The van der Waals surface area contributed by atoms with Crippen LogP contribution in [0.1, 0.15) is 18.7 Å². The summed E-state index contributed by atoms with van der Waals surface area (Å²) in [7, 11) is -3.92. The number of nitrogens with zero attached hydrogens (tertiary/aromatic N) is 2. The van der Waals surface area contributed by atoms with E-state index >= 15 is 0 Å². The molecular formula is C14H12Cl3F3N2O4S3. The lowest BCUT2D eigenvalue weighted by molar-refractivity contribution is -0.185. The number of anilines is 1. The Balaban J connectivity index is 2.62. The van der Waals surface area contributed by atoms with Crippen molar-refractivity contribution in [2.75, 3.05) is 16.1 Å². The molecule has 0 aliphatic heterocycles. The standard InChI is InChI=1S/C14H12Cl3F3N2O4S3/c1-3-25-26-28-22(29(23,24)4-2)10-5-7(8(15)6-9(10)16)12-11(17)13(27-21-12)14(18,19)20/h5-6H,3-4H2,1-2H3. The minimum absolute atomic E-state index is 0.0314. The number of alkyl halides is 3. The maximum atomic E-state index is 13.0. The summed E-state index contributed by atoms with van der Waals surface area (Å²) >= 11 is 18.6. The highest BCUT2D eigenvalue weighted by molar-refractivity contribution is 8.12. The fourth-order valence-electron chi connectivity index (χ4n) is 1.93. The number of hydrogen-bond acceptors (Lipinski definition) is 7. The molecule has 6 nitrogen and oxygen atoms in total. The zero-order chi connectivity index (χ0) is 22.0. The lowest BCUT2D eigenvalue weighted by atomic mass is 10.1. The Hall–Kier alpha value is -0.470. The van der Waals surface area contributed by atoms with Gasteiger partial charge in [0, 0.05) is 5.56 Å². The lowest BCUT2D eigenvalue weighted by Crippen LogP contribution is -2.26. The van der Waals surface area contributed by atoms with Crippen LogP contribution in [0.15, 0.2) is 12.1 Å². The van der Waals surface area contributed by atoms with Crippen molar-refractivity contribution < 1.29 is 30.8 Å². The molecule has 0 aliphatic carbocycles. The zero-order valence-corrected chi connectivity index (χ0v) is 19.3. The fraction of sp³-hybridized carbons (Fsp3) is 0.357. The third-order valence-electron chi connectivity index (χ3n) is 3.26. The highest BCUT2D eigenvalue weighted by Crippen LogP contribution is 2.46. The van der Waals surface area contributed by atoms with Crippen LogP contribution in [0, 0.1) is 0 Å². The molecule has 1 aromatic carbocycles. The largest absolute Gasteiger partial charge is 0.428 e. The monoisotopic (exact) mass is 530 g/mol. The summed E-state index contributed by atoms with van der Waals surface area (Å²) in [4.78, 5) is 3.59. The highest BCUT2D eigenvalue weighted by atomic mass is 35.5. The lowest BCUT2D eigenvalue weighted by Gasteiger charge is -2.22. The van der Waals surface area contributed by atoms with Crippen molar-refractivity contribution in [1.82, 2.24) is 4.37 Å². The van der Waals surface area contributed by atoms with Gasteiger partial charge in [0.25, 0.3) is 0 Å². The summed E-state index contributed by atoms with van der Waals surface area (Å²) < 4.78 is 73.3. The molecule has 0 radical (unpaired) electrons. The molecule has 2 aromatic rings. The molecule has 0 bridgehead atoms. The molecule has 0 saturated carbocycles. The normalized spacial score (nSPS) is 12.4. The van der Waals surface area contributed by atoms with Gasteiger partial charge >= 0.3 is 6.18 Å². The summed E-state index contributed by atoms with van der Waals surface area (Å²) in [5.74, 6) is -0.320. The predicted octanol–water partition coefficient (Wildman–Crippen LogP) is 6.48. The van der Waals surface area contributed by atoms with Crippen LogP contribution in [0.4, 0.5) is 18.9 Å². The van der Waals surface area contributed by atoms with Gasteiger partial charge in [-0.2, -0.15) is 21.3 Å².